The van der Waals surface area contributed by atoms with E-state index in [-0.39, 0.29) is 46.2 Å². The molecule has 15 atom stereocenters. The van der Waals surface area contributed by atoms with E-state index in [1.165, 1.54) is 7.11 Å². The Balaban J connectivity index is 1.59. The average Bonchev–Trinajstić information content (AvgIpc) is 3.03. The molecule has 0 aromatic heterocycles. The Morgan fingerprint density at radius 2 is 0.933 bits per heavy atom. The van der Waals surface area contributed by atoms with Crippen LogP contribution in [0.2, 0.25) is 0 Å². The average molecular weight is 663 g/mol. The van der Waals surface area contributed by atoms with Gasteiger partial charge in [0.15, 0.2) is 6.79 Å². The molecular formula is C27H50O18. The van der Waals surface area contributed by atoms with Crippen molar-refractivity contribution in [3.05, 3.63) is 0 Å². The van der Waals surface area contributed by atoms with E-state index in [1.807, 2.05) is 0 Å². The molecule has 3 saturated heterocycles. The molecule has 266 valence electrons. The fourth-order valence-corrected chi connectivity index (χ4v) is 6.17. The van der Waals surface area contributed by atoms with Crippen molar-refractivity contribution < 1.29 is 89.2 Å². The van der Waals surface area contributed by atoms with Gasteiger partial charge in [-0.3, -0.25) is 0 Å². The maximum absolute atomic E-state index is 11.0. The molecule has 3 heterocycles. The highest BCUT2D eigenvalue weighted by Crippen LogP contribution is 2.31. The highest BCUT2D eigenvalue weighted by molar-refractivity contribution is 4.95. The Labute approximate surface area is 260 Å². The van der Waals surface area contributed by atoms with Crippen LogP contribution in [0.1, 0.15) is 13.3 Å². The first-order chi connectivity index (χ1) is 21.6. The van der Waals surface area contributed by atoms with Crippen LogP contribution in [0.4, 0.5) is 0 Å². The highest BCUT2D eigenvalue weighted by Gasteiger charge is 2.47. The number of hydrogen-bond donors (Lipinski definition) is 9. The monoisotopic (exact) mass is 662 g/mol. The van der Waals surface area contributed by atoms with Crippen molar-refractivity contribution >= 4 is 0 Å². The van der Waals surface area contributed by atoms with Crippen LogP contribution in [0.15, 0.2) is 0 Å². The lowest BCUT2D eigenvalue weighted by Gasteiger charge is -2.44. The molecule has 45 heavy (non-hydrogen) atoms. The fourth-order valence-electron chi connectivity index (χ4n) is 6.17. The minimum atomic E-state index is -1.47. The zero-order chi connectivity index (χ0) is 33.1. The molecule has 3 aliphatic heterocycles. The molecule has 0 aromatic carbocycles. The van der Waals surface area contributed by atoms with Gasteiger partial charge >= 0.3 is 0 Å². The lowest BCUT2D eigenvalue weighted by Crippen LogP contribution is -2.59. The third kappa shape index (κ3) is 9.91. The molecule has 18 heteroatoms. The van der Waals surface area contributed by atoms with E-state index in [4.69, 9.17) is 38.4 Å². The number of aliphatic hydroxyl groups excluding tert-OH is 8. The van der Waals surface area contributed by atoms with Gasteiger partial charge in [0.25, 0.3) is 0 Å². The van der Waals surface area contributed by atoms with Crippen molar-refractivity contribution in [3.63, 3.8) is 0 Å². The lowest BCUT2D eigenvalue weighted by molar-refractivity contribution is -0.508. The van der Waals surface area contributed by atoms with Gasteiger partial charge < -0.3 is 74.0 Å². The first-order valence-electron chi connectivity index (χ1n) is 15.0. The van der Waals surface area contributed by atoms with E-state index in [1.54, 1.807) is 6.92 Å². The summed E-state index contributed by atoms with van der Waals surface area (Å²) in [6.45, 7) is -0.579. The summed E-state index contributed by atoms with van der Waals surface area (Å²) in [4.78, 5) is 4.29. The standard InChI is InChI=1S/C27H50O18/c1-3-13-16(4-28)42-20(26(34)22(13)30)10-39-7-15-18(9-40-12-41-45-36)44-21(27(35)24(15)32)11-38-6-14-17(5-29)43-19(8-37-2)25(33)23(14)31/h13-36H,3-12H2,1-2H3/t13-,14-,15-,16?,17?,18?,19-,20-,21-,22-,23-,24-,25?,26?,27?/m1/s1. The Hall–Kier alpha value is -0.720. The van der Waals surface area contributed by atoms with Crippen LogP contribution >= 0.6 is 0 Å². The van der Waals surface area contributed by atoms with Crippen LogP contribution in [0.5, 0.6) is 0 Å². The molecule has 0 saturated carbocycles. The third-order valence-corrected chi connectivity index (χ3v) is 8.80. The summed E-state index contributed by atoms with van der Waals surface area (Å²) >= 11 is 0. The minimum Gasteiger partial charge on any atom is -0.394 e. The molecular weight excluding hydrogens is 612 g/mol. The van der Waals surface area contributed by atoms with Crippen LogP contribution in [-0.2, 0) is 43.1 Å². The van der Waals surface area contributed by atoms with E-state index in [9.17, 15) is 40.9 Å². The first-order valence-corrected chi connectivity index (χ1v) is 15.0. The van der Waals surface area contributed by atoms with E-state index in [0.717, 1.165) is 0 Å². The Bertz CT molecular complexity index is 808. The zero-order valence-electron chi connectivity index (χ0n) is 25.4. The normalized spacial score (nSPS) is 42.6. The van der Waals surface area contributed by atoms with Crippen LogP contribution in [0.3, 0.4) is 0 Å². The molecule has 0 spiro atoms. The summed E-state index contributed by atoms with van der Waals surface area (Å²) in [5, 5.41) is 95.3. The van der Waals surface area contributed by atoms with Crippen molar-refractivity contribution in [2.75, 3.05) is 66.8 Å². The second-order valence-corrected chi connectivity index (χ2v) is 11.6. The first kappa shape index (κ1) is 38.7. The molecule has 0 aromatic rings. The zero-order valence-corrected chi connectivity index (χ0v) is 25.4. The van der Waals surface area contributed by atoms with Crippen LogP contribution in [0, 0.1) is 17.8 Å². The smallest absolute Gasteiger partial charge is 0.184 e. The van der Waals surface area contributed by atoms with Gasteiger partial charge in [0.2, 0.25) is 0 Å². The van der Waals surface area contributed by atoms with Gasteiger partial charge in [0, 0.05) is 24.9 Å². The second-order valence-electron chi connectivity index (χ2n) is 11.6. The maximum Gasteiger partial charge on any atom is 0.184 e. The Morgan fingerprint density at radius 1 is 0.511 bits per heavy atom. The third-order valence-electron chi connectivity index (χ3n) is 8.80. The van der Waals surface area contributed by atoms with E-state index in [0.29, 0.717) is 6.42 Å². The highest BCUT2D eigenvalue weighted by atomic mass is 17.5. The summed E-state index contributed by atoms with van der Waals surface area (Å²) in [5.74, 6) is -2.17. The molecule has 0 amide bonds. The molecule has 6 unspecified atom stereocenters. The largest absolute Gasteiger partial charge is 0.394 e. The molecule has 3 aliphatic rings. The minimum absolute atomic E-state index is 0.00479. The van der Waals surface area contributed by atoms with Crippen molar-refractivity contribution in [2.45, 2.75) is 86.6 Å². The topological polar surface area (TPSA) is 265 Å². The van der Waals surface area contributed by atoms with E-state index in [2.05, 4.69) is 9.93 Å². The summed E-state index contributed by atoms with van der Waals surface area (Å²) in [5.41, 5.74) is 0. The maximum atomic E-state index is 11.0. The van der Waals surface area contributed by atoms with Gasteiger partial charge in [-0.15, -0.1) is 0 Å². The summed E-state index contributed by atoms with van der Waals surface area (Å²) in [6, 6.07) is 0. The van der Waals surface area contributed by atoms with Crippen molar-refractivity contribution in [1.82, 2.24) is 0 Å². The van der Waals surface area contributed by atoms with Crippen LogP contribution in [-0.4, -0.2) is 186 Å². The van der Waals surface area contributed by atoms with Crippen molar-refractivity contribution in [1.29, 1.82) is 0 Å². The van der Waals surface area contributed by atoms with Crippen molar-refractivity contribution in [3.8, 4) is 0 Å². The summed E-state index contributed by atoms with van der Waals surface area (Å²) < 4.78 is 39.1. The van der Waals surface area contributed by atoms with E-state index >= 15 is 0 Å². The van der Waals surface area contributed by atoms with Gasteiger partial charge in [-0.1, -0.05) is 12.0 Å². The Kier molecular flexibility index (Phi) is 16.6. The number of ether oxygens (including phenoxy) is 7. The summed E-state index contributed by atoms with van der Waals surface area (Å²) in [7, 11) is 1.41. The summed E-state index contributed by atoms with van der Waals surface area (Å²) in [6.07, 6.45) is -12.8. The number of rotatable bonds is 18. The number of methoxy groups -OCH3 is 1. The van der Waals surface area contributed by atoms with Gasteiger partial charge in [-0.05, 0) is 6.42 Å². The SMILES string of the molecule is CC[C@@H]1C(CO)O[C@H](COC[C@@H]2C(COCOOO)O[C@H](COC[C@@H]3C(CO)O[C@H](COC)C(O)[C@@H]3O)C(O)[C@@H]2O)C(O)[C@@H]1O. The van der Waals surface area contributed by atoms with Gasteiger partial charge in [0.05, 0.1) is 89.5 Å². The quantitative estimate of drug-likeness (QED) is 0.0291. The van der Waals surface area contributed by atoms with Crippen molar-refractivity contribution in [2.24, 2.45) is 17.8 Å². The van der Waals surface area contributed by atoms with Crippen LogP contribution in [0.25, 0.3) is 0 Å². The molecule has 3 fully saturated rings. The van der Waals surface area contributed by atoms with E-state index < -0.39 is 104 Å². The molecule has 3 rings (SSSR count). The number of aliphatic hydroxyl groups is 8. The second kappa shape index (κ2) is 19.3. The fraction of sp³-hybridized carbons (Fsp3) is 1.00. The molecule has 9 N–H and O–H groups in total. The number of hydrogen-bond acceptors (Lipinski definition) is 18. The molecule has 0 radical (unpaired) electrons. The predicted octanol–water partition coefficient (Wildman–Crippen LogP) is -4.23. The lowest BCUT2D eigenvalue weighted by atomic mass is 9.85. The van der Waals surface area contributed by atoms with Gasteiger partial charge in [0.1, 0.15) is 36.6 Å². The van der Waals surface area contributed by atoms with Gasteiger partial charge in [-0.25, -0.2) is 5.26 Å². The molecule has 0 bridgehead atoms. The van der Waals surface area contributed by atoms with Crippen LogP contribution < -0.4 is 0 Å². The Morgan fingerprint density at radius 3 is 1.40 bits per heavy atom. The molecule has 18 nitrogen and oxygen atoms in total. The predicted molar refractivity (Wildman–Crippen MR) is 146 cm³/mol. The van der Waals surface area contributed by atoms with Gasteiger partial charge in [-0.2, -0.15) is 4.89 Å². The molecule has 0 aliphatic carbocycles.